The summed E-state index contributed by atoms with van der Waals surface area (Å²) in [6, 6.07) is 2.53. The van der Waals surface area contributed by atoms with Gasteiger partial charge in [-0.15, -0.1) is 11.3 Å². The quantitative estimate of drug-likeness (QED) is 0.285. The summed E-state index contributed by atoms with van der Waals surface area (Å²) in [5, 5.41) is 15.1. The lowest BCUT2D eigenvalue weighted by atomic mass is 10.0. The largest absolute Gasteiger partial charge is 0.434 e. The van der Waals surface area contributed by atoms with E-state index in [1.54, 1.807) is 13.0 Å². The van der Waals surface area contributed by atoms with Crippen molar-refractivity contribution < 1.29 is 23.2 Å². The molecule has 3 aromatic heterocycles. The van der Waals surface area contributed by atoms with Gasteiger partial charge in [0, 0.05) is 52.8 Å². The summed E-state index contributed by atoms with van der Waals surface area (Å²) >= 11 is 0.807. The molecule has 0 spiro atoms. The molecular weight excluding hydrogens is 435 g/mol. The van der Waals surface area contributed by atoms with Crippen LogP contribution in [0.5, 0.6) is 0 Å². The fourth-order valence-corrected chi connectivity index (χ4v) is 3.49. The molecule has 164 valence electrons. The number of rotatable bonds is 6. The summed E-state index contributed by atoms with van der Waals surface area (Å²) in [4.78, 5) is 23.8. The molecule has 31 heavy (non-hydrogen) atoms. The molecule has 1 unspecified atom stereocenters. The lowest BCUT2D eigenvalue weighted by molar-refractivity contribution is -0.140. The predicted octanol–water partition coefficient (Wildman–Crippen LogP) is 3.36. The summed E-state index contributed by atoms with van der Waals surface area (Å²) in [5.41, 5.74) is 8.28. The number of thiazole rings is 1. The third-order valence-corrected chi connectivity index (χ3v) is 4.95. The van der Waals surface area contributed by atoms with Crippen LogP contribution in [-0.2, 0) is 6.18 Å². The van der Waals surface area contributed by atoms with Crippen LogP contribution in [-0.4, -0.2) is 32.7 Å². The molecule has 13 heteroatoms. The third kappa shape index (κ3) is 5.32. The highest BCUT2D eigenvalue weighted by Crippen LogP contribution is 2.38. The van der Waals surface area contributed by atoms with E-state index in [0.717, 1.165) is 16.7 Å². The molecule has 0 bridgehead atoms. The number of anilines is 1. The van der Waals surface area contributed by atoms with E-state index in [2.05, 4.69) is 25.6 Å². The minimum absolute atomic E-state index is 0.0821. The molecule has 3 rings (SSSR count). The normalized spacial score (nSPS) is 12.5. The van der Waals surface area contributed by atoms with Gasteiger partial charge in [0.1, 0.15) is 17.0 Å². The van der Waals surface area contributed by atoms with Crippen LogP contribution in [0.25, 0.3) is 21.7 Å². The van der Waals surface area contributed by atoms with Crippen LogP contribution in [0.2, 0.25) is 0 Å². The maximum Gasteiger partial charge on any atom is 0.434 e. The second-order valence-corrected chi connectivity index (χ2v) is 7.11. The number of hydroxylamine groups is 1. The van der Waals surface area contributed by atoms with Crippen molar-refractivity contribution in [2.75, 3.05) is 11.9 Å². The van der Waals surface area contributed by atoms with Gasteiger partial charge < -0.3 is 16.3 Å². The maximum absolute atomic E-state index is 13.1. The highest BCUT2D eigenvalue weighted by Gasteiger charge is 2.34. The Kier molecular flexibility index (Phi) is 6.80. The van der Waals surface area contributed by atoms with Gasteiger partial charge in [-0.05, 0) is 19.1 Å². The Morgan fingerprint density at radius 1 is 1.26 bits per heavy atom. The molecule has 6 N–H and O–H groups in total. The van der Waals surface area contributed by atoms with Crippen LogP contribution in [0.3, 0.4) is 0 Å². The van der Waals surface area contributed by atoms with Gasteiger partial charge >= 0.3 is 12.2 Å². The summed E-state index contributed by atoms with van der Waals surface area (Å²) < 4.78 is 39.2. The first-order chi connectivity index (χ1) is 14.7. The van der Waals surface area contributed by atoms with E-state index in [1.165, 1.54) is 24.7 Å². The van der Waals surface area contributed by atoms with Crippen molar-refractivity contribution in [1.29, 1.82) is 0 Å². The number of carbonyl (C=O) groups is 1. The monoisotopic (exact) mass is 453 g/mol. The van der Waals surface area contributed by atoms with Gasteiger partial charge in [0.2, 0.25) is 0 Å². The van der Waals surface area contributed by atoms with Crippen LogP contribution in [0.4, 0.5) is 23.8 Å². The average Bonchev–Trinajstić information content (AvgIpc) is 3.24. The van der Waals surface area contributed by atoms with Gasteiger partial charge in [-0.25, -0.2) is 14.8 Å². The molecule has 2 amide bonds. The number of urea groups is 1. The van der Waals surface area contributed by atoms with Gasteiger partial charge in [0.05, 0.1) is 0 Å². The summed E-state index contributed by atoms with van der Waals surface area (Å²) in [6.07, 6.45) is -1.21. The Bertz CT molecular complexity index is 1070. The zero-order chi connectivity index (χ0) is 22.6. The van der Waals surface area contributed by atoms with Crippen molar-refractivity contribution in [1.82, 2.24) is 25.7 Å². The van der Waals surface area contributed by atoms with Gasteiger partial charge in [0.15, 0.2) is 5.69 Å². The molecule has 9 nitrogen and oxygen atoms in total. The lowest BCUT2D eigenvalue weighted by Crippen LogP contribution is -2.28. The number of hydrogen-bond acceptors (Lipinski definition) is 8. The van der Waals surface area contributed by atoms with E-state index in [1.807, 2.05) is 5.48 Å². The third-order valence-electron chi connectivity index (χ3n) is 4.08. The molecule has 0 saturated heterocycles. The number of hydrogen-bond donors (Lipinski definition) is 5. The average molecular weight is 453 g/mol. The Balaban J connectivity index is 2.10. The number of nitrogens with zero attached hydrogens (tertiary/aromatic N) is 3. The zero-order valence-corrected chi connectivity index (χ0v) is 16.9. The Hall–Kier alpha value is -3.13. The molecule has 0 fully saturated rings. The van der Waals surface area contributed by atoms with Crippen molar-refractivity contribution in [2.24, 2.45) is 5.73 Å². The van der Waals surface area contributed by atoms with E-state index in [-0.39, 0.29) is 10.8 Å². The van der Waals surface area contributed by atoms with E-state index in [0.29, 0.717) is 28.8 Å². The second-order valence-electron chi connectivity index (χ2n) is 6.25. The first kappa shape index (κ1) is 22.6. The number of nitrogens with one attached hydrogen (secondary N) is 3. The molecule has 1 atom stereocenters. The van der Waals surface area contributed by atoms with Crippen LogP contribution in [0.15, 0.2) is 36.1 Å². The van der Waals surface area contributed by atoms with Crippen molar-refractivity contribution in [2.45, 2.75) is 19.3 Å². The van der Waals surface area contributed by atoms with E-state index < -0.39 is 24.1 Å². The standard InChI is InChI=1S/C18H18F3N7O2S/c1-2-24-17(29)27-14-4-11(16-26-13(8-31-16)18(19,20)21)12(7-25-14)9-3-10(6-23-5-9)15(22)28-30/h3-8,15,28,30H,2,22H2,1H3,(H2,24,25,27,29). The zero-order valence-electron chi connectivity index (χ0n) is 16.1. The van der Waals surface area contributed by atoms with Crippen LogP contribution in [0, 0.1) is 0 Å². The Morgan fingerprint density at radius 2 is 2.03 bits per heavy atom. The molecule has 3 aromatic rings. The predicted molar refractivity (Wildman–Crippen MR) is 108 cm³/mol. The van der Waals surface area contributed by atoms with E-state index in [9.17, 15) is 18.0 Å². The number of alkyl halides is 3. The summed E-state index contributed by atoms with van der Waals surface area (Å²) in [5.74, 6) is 0.131. The molecule has 0 saturated carbocycles. The fraction of sp³-hybridized carbons (Fsp3) is 0.222. The number of aromatic nitrogens is 3. The van der Waals surface area contributed by atoms with Gasteiger partial charge in [-0.1, -0.05) is 0 Å². The number of pyridine rings is 2. The highest BCUT2D eigenvalue weighted by molar-refractivity contribution is 7.13. The molecule has 0 aliphatic heterocycles. The lowest BCUT2D eigenvalue weighted by Gasteiger charge is -2.13. The maximum atomic E-state index is 13.1. The number of carbonyl (C=O) groups excluding carboxylic acids is 1. The molecule has 0 radical (unpaired) electrons. The van der Waals surface area contributed by atoms with E-state index >= 15 is 0 Å². The molecular formula is C18H18F3N7O2S. The van der Waals surface area contributed by atoms with Crippen molar-refractivity contribution >= 4 is 23.2 Å². The summed E-state index contributed by atoms with van der Waals surface area (Å²) in [7, 11) is 0. The van der Waals surface area contributed by atoms with Gasteiger partial charge in [-0.2, -0.15) is 18.7 Å². The van der Waals surface area contributed by atoms with Crippen LogP contribution >= 0.6 is 11.3 Å². The smallest absolute Gasteiger partial charge is 0.338 e. The minimum Gasteiger partial charge on any atom is -0.338 e. The van der Waals surface area contributed by atoms with Gasteiger partial charge in [0.25, 0.3) is 0 Å². The van der Waals surface area contributed by atoms with Crippen LogP contribution < -0.4 is 21.8 Å². The SMILES string of the molecule is CCNC(=O)Nc1cc(-c2nc(C(F)(F)F)cs2)c(-c2cncc(C(N)NO)c2)cn1. The number of halogens is 3. The van der Waals surface area contributed by atoms with Crippen molar-refractivity contribution in [3.8, 4) is 21.7 Å². The number of amides is 2. The fourth-order valence-electron chi connectivity index (χ4n) is 2.63. The second kappa shape index (κ2) is 9.34. The number of nitrogens with two attached hydrogens (primary N) is 1. The van der Waals surface area contributed by atoms with Gasteiger partial charge in [-0.3, -0.25) is 10.3 Å². The van der Waals surface area contributed by atoms with Crippen LogP contribution in [0.1, 0.15) is 24.3 Å². The Labute approximate surface area is 178 Å². The highest BCUT2D eigenvalue weighted by atomic mass is 32.1. The molecule has 3 heterocycles. The van der Waals surface area contributed by atoms with Crippen molar-refractivity contribution in [3.63, 3.8) is 0 Å². The Morgan fingerprint density at radius 3 is 2.68 bits per heavy atom. The topological polar surface area (TPSA) is 138 Å². The molecule has 0 aromatic carbocycles. The first-order valence-electron chi connectivity index (χ1n) is 8.91. The van der Waals surface area contributed by atoms with Crippen molar-refractivity contribution in [3.05, 3.63) is 47.4 Å². The molecule has 0 aliphatic carbocycles. The van der Waals surface area contributed by atoms with E-state index in [4.69, 9.17) is 10.9 Å². The molecule has 0 aliphatic rings. The minimum atomic E-state index is -4.59. The first-order valence-corrected chi connectivity index (χ1v) is 9.79. The summed E-state index contributed by atoms with van der Waals surface area (Å²) in [6.45, 7) is 2.12.